The highest BCUT2D eigenvalue weighted by Gasteiger charge is 2.17. The van der Waals surface area contributed by atoms with Crippen LogP contribution in [0.4, 0.5) is 17.8 Å². The van der Waals surface area contributed by atoms with E-state index in [2.05, 4.69) is 30.9 Å². The van der Waals surface area contributed by atoms with Crippen LogP contribution in [0.25, 0.3) is 0 Å². The fraction of sp³-hybridized carbons (Fsp3) is 0.824. The van der Waals surface area contributed by atoms with Crippen LogP contribution in [0.3, 0.4) is 0 Å². The maximum Gasteiger partial charge on any atom is 0.229 e. The zero-order valence-electron chi connectivity index (χ0n) is 16.3. The van der Waals surface area contributed by atoms with Crippen molar-refractivity contribution >= 4 is 17.8 Å². The Kier molecular flexibility index (Phi) is 10.8. The number of anilines is 3. The van der Waals surface area contributed by atoms with Crippen LogP contribution >= 0.6 is 0 Å². The standard InChI is InChI=1S/C17H33N7O4/c18-5-7-27-9-10-28-8-6-19-15-22-16(20-11-14(26)12-25)24-17(23-15)21-13-3-1-2-4-13/h13-14,25-26H,1-12,18H2,(H3,19,20,21,22,23,24). The molecule has 11 heteroatoms. The molecular weight excluding hydrogens is 366 g/mol. The van der Waals surface area contributed by atoms with Gasteiger partial charge in [-0.2, -0.15) is 15.0 Å². The van der Waals surface area contributed by atoms with Crippen LogP contribution in [0.5, 0.6) is 0 Å². The SMILES string of the molecule is NCCOCCOCCNc1nc(NCC(O)CO)nc(NC2CCCC2)n1. The highest BCUT2D eigenvalue weighted by atomic mass is 16.5. The first-order valence-electron chi connectivity index (χ1n) is 9.86. The van der Waals surface area contributed by atoms with Gasteiger partial charge in [0.1, 0.15) is 0 Å². The van der Waals surface area contributed by atoms with Crippen LogP contribution in [-0.2, 0) is 9.47 Å². The molecule has 11 nitrogen and oxygen atoms in total. The Hall–Kier alpha value is -1.79. The number of rotatable bonds is 15. The van der Waals surface area contributed by atoms with E-state index in [0.717, 1.165) is 12.8 Å². The van der Waals surface area contributed by atoms with Gasteiger partial charge >= 0.3 is 0 Å². The van der Waals surface area contributed by atoms with Crippen molar-refractivity contribution in [1.29, 1.82) is 0 Å². The molecule has 0 bridgehead atoms. The lowest BCUT2D eigenvalue weighted by atomic mass is 10.3. The van der Waals surface area contributed by atoms with Gasteiger partial charge in [-0.15, -0.1) is 0 Å². The highest BCUT2D eigenvalue weighted by Crippen LogP contribution is 2.21. The Morgan fingerprint density at radius 3 is 2.29 bits per heavy atom. The molecule has 0 saturated heterocycles. The van der Waals surface area contributed by atoms with Gasteiger partial charge in [0.05, 0.1) is 39.1 Å². The van der Waals surface area contributed by atoms with E-state index in [1.807, 2.05) is 0 Å². The first-order valence-corrected chi connectivity index (χ1v) is 9.86. The van der Waals surface area contributed by atoms with E-state index in [9.17, 15) is 5.11 Å². The van der Waals surface area contributed by atoms with E-state index >= 15 is 0 Å². The number of ether oxygens (including phenoxy) is 2. The molecular formula is C17H33N7O4. The molecule has 1 aromatic heterocycles. The van der Waals surface area contributed by atoms with Crippen LogP contribution < -0.4 is 21.7 Å². The lowest BCUT2D eigenvalue weighted by molar-refractivity contribution is 0.0547. The third-order valence-corrected chi connectivity index (χ3v) is 4.19. The summed E-state index contributed by atoms with van der Waals surface area (Å²) >= 11 is 0. The molecule has 1 aromatic rings. The Morgan fingerprint density at radius 2 is 1.61 bits per heavy atom. The molecule has 0 amide bonds. The van der Waals surface area contributed by atoms with E-state index in [4.69, 9.17) is 20.3 Å². The van der Waals surface area contributed by atoms with Crippen LogP contribution in [-0.4, -0.2) is 90.0 Å². The van der Waals surface area contributed by atoms with Crippen LogP contribution in [0.2, 0.25) is 0 Å². The van der Waals surface area contributed by atoms with Gasteiger partial charge in [0.15, 0.2) is 0 Å². The summed E-state index contributed by atoms with van der Waals surface area (Å²) in [5.41, 5.74) is 5.35. The van der Waals surface area contributed by atoms with Crippen LogP contribution in [0.15, 0.2) is 0 Å². The first-order chi connectivity index (χ1) is 13.7. The number of aliphatic hydroxyl groups excluding tert-OH is 2. The van der Waals surface area contributed by atoms with Crippen LogP contribution in [0.1, 0.15) is 25.7 Å². The second-order valence-corrected chi connectivity index (χ2v) is 6.59. The molecule has 0 radical (unpaired) electrons. The summed E-state index contributed by atoms with van der Waals surface area (Å²) in [4.78, 5) is 13.1. The number of nitrogens with one attached hydrogen (secondary N) is 3. The van der Waals surface area contributed by atoms with E-state index in [-0.39, 0.29) is 13.2 Å². The van der Waals surface area contributed by atoms with Gasteiger partial charge in [-0.3, -0.25) is 0 Å². The number of hydrogen-bond acceptors (Lipinski definition) is 11. The maximum absolute atomic E-state index is 9.52. The van der Waals surface area contributed by atoms with Gasteiger partial charge in [-0.05, 0) is 12.8 Å². The summed E-state index contributed by atoms with van der Waals surface area (Å²) < 4.78 is 10.7. The smallest absolute Gasteiger partial charge is 0.229 e. The topological polar surface area (TPSA) is 160 Å². The molecule has 0 aliphatic heterocycles. The fourth-order valence-corrected chi connectivity index (χ4v) is 2.77. The van der Waals surface area contributed by atoms with Crippen molar-refractivity contribution in [3.8, 4) is 0 Å². The lowest BCUT2D eigenvalue weighted by Gasteiger charge is -2.15. The highest BCUT2D eigenvalue weighted by molar-refractivity contribution is 5.42. The molecule has 7 N–H and O–H groups in total. The number of aliphatic hydroxyl groups is 2. The van der Waals surface area contributed by atoms with E-state index in [1.165, 1.54) is 12.8 Å². The van der Waals surface area contributed by atoms with Crippen molar-refractivity contribution in [2.24, 2.45) is 5.73 Å². The van der Waals surface area contributed by atoms with Crippen molar-refractivity contribution in [2.75, 3.05) is 68.6 Å². The number of aromatic nitrogens is 3. The minimum Gasteiger partial charge on any atom is -0.394 e. The summed E-state index contributed by atoms with van der Waals surface area (Å²) in [7, 11) is 0. The average molecular weight is 399 g/mol. The molecule has 1 aliphatic rings. The summed E-state index contributed by atoms with van der Waals surface area (Å²) in [5.74, 6) is 1.24. The zero-order chi connectivity index (χ0) is 20.0. The van der Waals surface area contributed by atoms with E-state index in [0.29, 0.717) is 63.4 Å². The quantitative estimate of drug-likeness (QED) is 0.209. The molecule has 0 aromatic carbocycles. The Morgan fingerprint density at radius 1 is 0.964 bits per heavy atom. The van der Waals surface area contributed by atoms with Gasteiger partial charge in [0.2, 0.25) is 17.8 Å². The van der Waals surface area contributed by atoms with Gasteiger partial charge < -0.3 is 41.4 Å². The molecule has 160 valence electrons. The van der Waals surface area contributed by atoms with Gasteiger partial charge in [-0.25, -0.2) is 0 Å². The fourth-order valence-electron chi connectivity index (χ4n) is 2.77. The second kappa shape index (κ2) is 13.4. The first kappa shape index (κ1) is 22.5. The Labute approximate surface area is 165 Å². The molecule has 28 heavy (non-hydrogen) atoms. The summed E-state index contributed by atoms with van der Waals surface area (Å²) in [6, 6.07) is 0.364. The summed E-state index contributed by atoms with van der Waals surface area (Å²) in [6.07, 6.45) is 3.72. The van der Waals surface area contributed by atoms with Crippen LogP contribution in [0, 0.1) is 0 Å². The average Bonchev–Trinajstić information content (AvgIpc) is 3.21. The normalized spacial score (nSPS) is 15.5. The summed E-state index contributed by atoms with van der Waals surface area (Å²) in [5, 5.41) is 27.8. The third kappa shape index (κ3) is 8.93. The van der Waals surface area contributed by atoms with Crippen molar-refractivity contribution in [3.63, 3.8) is 0 Å². The number of hydrogen-bond donors (Lipinski definition) is 6. The molecule has 1 saturated carbocycles. The van der Waals surface area contributed by atoms with Gasteiger partial charge in [-0.1, -0.05) is 12.8 Å². The minimum absolute atomic E-state index is 0.148. The van der Waals surface area contributed by atoms with E-state index < -0.39 is 6.10 Å². The molecule has 1 heterocycles. The van der Waals surface area contributed by atoms with Crippen molar-refractivity contribution in [2.45, 2.75) is 37.8 Å². The molecule has 1 atom stereocenters. The molecule has 1 fully saturated rings. The molecule has 2 rings (SSSR count). The predicted molar refractivity (Wildman–Crippen MR) is 106 cm³/mol. The monoisotopic (exact) mass is 399 g/mol. The minimum atomic E-state index is -0.880. The third-order valence-electron chi connectivity index (χ3n) is 4.19. The number of nitrogens with two attached hydrogens (primary N) is 1. The van der Waals surface area contributed by atoms with Gasteiger partial charge in [0, 0.05) is 25.7 Å². The molecule has 1 aliphatic carbocycles. The van der Waals surface area contributed by atoms with E-state index in [1.54, 1.807) is 0 Å². The number of nitrogens with zero attached hydrogens (tertiary/aromatic N) is 3. The van der Waals surface area contributed by atoms with Gasteiger partial charge in [0.25, 0.3) is 0 Å². The van der Waals surface area contributed by atoms with Crippen molar-refractivity contribution < 1.29 is 19.7 Å². The van der Waals surface area contributed by atoms with Crippen molar-refractivity contribution in [1.82, 2.24) is 15.0 Å². The maximum atomic E-state index is 9.52. The summed E-state index contributed by atoms with van der Waals surface area (Å²) in [6.45, 7) is 2.88. The second-order valence-electron chi connectivity index (χ2n) is 6.59. The Bertz CT molecular complexity index is 546. The lowest BCUT2D eigenvalue weighted by Crippen LogP contribution is -2.25. The van der Waals surface area contributed by atoms with Crippen molar-refractivity contribution in [3.05, 3.63) is 0 Å². The zero-order valence-corrected chi connectivity index (χ0v) is 16.3. The molecule has 1 unspecified atom stereocenters. The molecule has 0 spiro atoms. The Balaban J connectivity index is 1.83. The largest absolute Gasteiger partial charge is 0.394 e. The predicted octanol–water partition coefficient (Wildman–Crippen LogP) is -0.605.